The lowest BCUT2D eigenvalue weighted by Gasteiger charge is -2.26. The Morgan fingerprint density at radius 1 is 1.08 bits per heavy atom. The van der Waals surface area contributed by atoms with Gasteiger partial charge in [-0.3, -0.25) is 9.78 Å². The fraction of sp³-hybridized carbons (Fsp3) is 0.211. The summed E-state index contributed by atoms with van der Waals surface area (Å²) in [6.07, 6.45) is 3.89. The van der Waals surface area contributed by atoms with E-state index in [0.717, 1.165) is 28.3 Å². The van der Waals surface area contributed by atoms with Crippen molar-refractivity contribution < 1.29 is 18.8 Å². The number of ether oxygens (including phenoxy) is 2. The highest BCUT2D eigenvalue weighted by Crippen LogP contribution is 2.38. The number of rotatable bonds is 2. The monoisotopic (exact) mass is 349 g/mol. The molecule has 0 spiro atoms. The molecule has 1 aromatic carbocycles. The maximum atomic E-state index is 12.7. The molecule has 130 valence electrons. The summed E-state index contributed by atoms with van der Waals surface area (Å²) in [5.41, 5.74) is 3.20. The zero-order valence-electron chi connectivity index (χ0n) is 13.8. The molecule has 0 saturated carbocycles. The van der Waals surface area contributed by atoms with Gasteiger partial charge >= 0.3 is 0 Å². The van der Waals surface area contributed by atoms with E-state index >= 15 is 0 Å². The van der Waals surface area contributed by atoms with Gasteiger partial charge in [0.2, 0.25) is 6.79 Å². The smallest absolute Gasteiger partial charge is 0.254 e. The van der Waals surface area contributed by atoms with E-state index in [1.54, 1.807) is 24.5 Å². The zero-order chi connectivity index (χ0) is 17.5. The average Bonchev–Trinajstić information content (AvgIpc) is 3.33. The largest absolute Gasteiger partial charge is 0.454 e. The van der Waals surface area contributed by atoms with E-state index < -0.39 is 0 Å². The molecule has 7 heteroatoms. The Bertz CT molecular complexity index is 984. The fourth-order valence-corrected chi connectivity index (χ4v) is 3.33. The van der Waals surface area contributed by atoms with Gasteiger partial charge in [0.15, 0.2) is 11.5 Å². The van der Waals surface area contributed by atoms with Crippen LogP contribution in [0.3, 0.4) is 0 Å². The minimum atomic E-state index is -0.0177. The molecule has 2 aliphatic rings. The summed E-state index contributed by atoms with van der Waals surface area (Å²) < 4.78 is 16.3. The maximum Gasteiger partial charge on any atom is 0.254 e. The highest BCUT2D eigenvalue weighted by atomic mass is 16.7. The van der Waals surface area contributed by atoms with Crippen LogP contribution in [0, 0.1) is 0 Å². The number of pyridine rings is 1. The van der Waals surface area contributed by atoms with Gasteiger partial charge in [0, 0.05) is 42.0 Å². The standard InChI is InChI=1S/C19H15N3O4/c23-19(12-3-6-20-7-4-12)22-8-5-15-14(10-22)18(21-26-15)13-1-2-16-17(9-13)25-11-24-16/h1-4,6-7,9H,5,8,10-11H2. The Morgan fingerprint density at radius 3 is 2.81 bits per heavy atom. The molecule has 0 bridgehead atoms. The second-order valence-electron chi connectivity index (χ2n) is 6.21. The predicted octanol–water partition coefficient (Wildman–Crippen LogP) is 2.66. The van der Waals surface area contributed by atoms with Crippen LogP contribution in [0.2, 0.25) is 0 Å². The molecule has 0 unspecified atom stereocenters. The van der Waals surface area contributed by atoms with Gasteiger partial charge in [-0.1, -0.05) is 5.16 Å². The number of carbonyl (C=O) groups excluding carboxylic acids is 1. The molecule has 1 amide bonds. The molecule has 0 N–H and O–H groups in total. The second-order valence-corrected chi connectivity index (χ2v) is 6.21. The van der Waals surface area contributed by atoms with Crippen molar-refractivity contribution in [3.63, 3.8) is 0 Å². The van der Waals surface area contributed by atoms with Crippen molar-refractivity contribution in [3.8, 4) is 22.8 Å². The molecule has 0 fully saturated rings. The zero-order valence-corrected chi connectivity index (χ0v) is 13.8. The van der Waals surface area contributed by atoms with Crippen LogP contribution in [-0.4, -0.2) is 34.3 Å². The third-order valence-corrected chi connectivity index (χ3v) is 4.69. The van der Waals surface area contributed by atoms with Crippen LogP contribution >= 0.6 is 0 Å². The van der Waals surface area contributed by atoms with Crippen molar-refractivity contribution in [3.05, 3.63) is 59.6 Å². The highest BCUT2D eigenvalue weighted by molar-refractivity contribution is 5.94. The number of nitrogens with zero attached hydrogens (tertiary/aromatic N) is 3. The van der Waals surface area contributed by atoms with Gasteiger partial charge in [-0.05, 0) is 30.3 Å². The van der Waals surface area contributed by atoms with Crippen molar-refractivity contribution in [2.45, 2.75) is 13.0 Å². The summed E-state index contributed by atoms with van der Waals surface area (Å²) in [5.74, 6) is 2.23. The Morgan fingerprint density at radius 2 is 1.92 bits per heavy atom. The molecular weight excluding hydrogens is 334 g/mol. The van der Waals surface area contributed by atoms with Gasteiger partial charge < -0.3 is 18.9 Å². The van der Waals surface area contributed by atoms with Crippen molar-refractivity contribution in [2.24, 2.45) is 0 Å². The number of fused-ring (bicyclic) bond motifs is 2. The third kappa shape index (κ3) is 2.40. The number of amides is 1. The topological polar surface area (TPSA) is 77.7 Å². The van der Waals surface area contributed by atoms with E-state index in [1.807, 2.05) is 23.1 Å². The summed E-state index contributed by atoms with van der Waals surface area (Å²) >= 11 is 0. The first-order valence-electron chi connectivity index (χ1n) is 8.36. The normalized spacial score (nSPS) is 15.0. The molecular formula is C19H15N3O4. The first-order valence-corrected chi connectivity index (χ1v) is 8.36. The van der Waals surface area contributed by atoms with E-state index in [-0.39, 0.29) is 12.7 Å². The fourth-order valence-electron chi connectivity index (χ4n) is 3.33. The molecule has 0 aliphatic carbocycles. The first-order chi connectivity index (χ1) is 12.8. The summed E-state index contributed by atoms with van der Waals surface area (Å²) in [7, 11) is 0. The molecule has 26 heavy (non-hydrogen) atoms. The number of aromatic nitrogens is 2. The van der Waals surface area contributed by atoms with Gasteiger partial charge in [0.05, 0.1) is 6.54 Å². The Hall–Kier alpha value is -3.35. The summed E-state index contributed by atoms with van der Waals surface area (Å²) in [6.45, 7) is 1.29. The quantitative estimate of drug-likeness (QED) is 0.708. The minimum absolute atomic E-state index is 0.0177. The van der Waals surface area contributed by atoms with Gasteiger partial charge in [0.1, 0.15) is 11.5 Å². The molecule has 0 atom stereocenters. The van der Waals surface area contributed by atoms with E-state index in [1.165, 1.54) is 0 Å². The number of hydrogen-bond donors (Lipinski definition) is 0. The van der Waals surface area contributed by atoms with Crippen LogP contribution in [0.4, 0.5) is 0 Å². The van der Waals surface area contributed by atoms with Gasteiger partial charge in [-0.15, -0.1) is 0 Å². The Labute approximate surface area is 149 Å². The molecule has 4 heterocycles. The van der Waals surface area contributed by atoms with E-state index in [2.05, 4.69) is 10.1 Å². The van der Waals surface area contributed by atoms with Crippen LogP contribution in [-0.2, 0) is 13.0 Å². The Balaban J connectivity index is 1.46. The molecule has 7 nitrogen and oxygen atoms in total. The SMILES string of the molecule is O=C(c1ccncc1)N1CCc2onc(-c3ccc4c(c3)OCO4)c2C1. The van der Waals surface area contributed by atoms with Crippen LogP contribution in [0.25, 0.3) is 11.3 Å². The molecule has 5 rings (SSSR count). The summed E-state index contributed by atoms with van der Waals surface area (Å²) in [6, 6.07) is 9.13. The third-order valence-electron chi connectivity index (χ3n) is 4.69. The van der Waals surface area contributed by atoms with Gasteiger partial charge in [0.25, 0.3) is 5.91 Å². The highest BCUT2D eigenvalue weighted by Gasteiger charge is 2.28. The molecule has 0 radical (unpaired) electrons. The van der Waals surface area contributed by atoms with E-state index in [4.69, 9.17) is 14.0 Å². The maximum absolute atomic E-state index is 12.7. The van der Waals surface area contributed by atoms with E-state index in [0.29, 0.717) is 30.8 Å². The van der Waals surface area contributed by atoms with Crippen LogP contribution in [0.15, 0.2) is 47.2 Å². The predicted molar refractivity (Wildman–Crippen MR) is 90.7 cm³/mol. The first kappa shape index (κ1) is 14.9. The van der Waals surface area contributed by atoms with Crippen molar-refractivity contribution >= 4 is 5.91 Å². The number of hydrogen-bond acceptors (Lipinski definition) is 6. The lowest BCUT2D eigenvalue weighted by molar-refractivity contribution is 0.0729. The van der Waals surface area contributed by atoms with Crippen molar-refractivity contribution in [1.29, 1.82) is 0 Å². The molecule has 2 aromatic heterocycles. The van der Waals surface area contributed by atoms with Crippen LogP contribution in [0.5, 0.6) is 11.5 Å². The molecule has 0 saturated heterocycles. The second kappa shape index (κ2) is 5.87. The summed E-state index contributed by atoms with van der Waals surface area (Å²) in [5, 5.41) is 4.24. The number of benzene rings is 1. The van der Waals surface area contributed by atoms with Gasteiger partial charge in [-0.25, -0.2) is 0 Å². The van der Waals surface area contributed by atoms with Gasteiger partial charge in [-0.2, -0.15) is 0 Å². The average molecular weight is 349 g/mol. The van der Waals surface area contributed by atoms with E-state index in [9.17, 15) is 4.79 Å². The molecule has 3 aromatic rings. The lowest BCUT2D eigenvalue weighted by Crippen LogP contribution is -2.35. The summed E-state index contributed by atoms with van der Waals surface area (Å²) in [4.78, 5) is 18.5. The minimum Gasteiger partial charge on any atom is -0.454 e. The van der Waals surface area contributed by atoms with Crippen molar-refractivity contribution in [2.75, 3.05) is 13.3 Å². The lowest BCUT2D eigenvalue weighted by atomic mass is 10.0. The number of carbonyl (C=O) groups is 1. The van der Waals surface area contributed by atoms with Crippen molar-refractivity contribution in [1.82, 2.24) is 15.0 Å². The van der Waals surface area contributed by atoms with Crippen LogP contribution < -0.4 is 9.47 Å². The van der Waals surface area contributed by atoms with Crippen LogP contribution in [0.1, 0.15) is 21.7 Å². The Kier molecular flexibility index (Phi) is 3.38. The molecule has 2 aliphatic heterocycles.